The predicted molar refractivity (Wildman–Crippen MR) is 75.4 cm³/mol. The third-order valence-corrected chi connectivity index (χ3v) is 3.58. The van der Waals surface area contributed by atoms with E-state index >= 15 is 0 Å². The van der Waals surface area contributed by atoms with Crippen LogP contribution in [0.2, 0.25) is 0 Å². The number of likely N-dealkylation sites (N-methyl/N-ethyl adjacent to an activating group) is 1. The second-order valence-corrected chi connectivity index (χ2v) is 4.94. The largest absolute Gasteiger partial charge is 0.350 e. The zero-order valence-electron chi connectivity index (χ0n) is 11.7. The molecule has 1 aliphatic rings. The SMILES string of the molecule is CCC(C)NC(=O)c1ccc2c(c1)CC(=O)N2CC. The average molecular weight is 260 g/mol. The summed E-state index contributed by atoms with van der Waals surface area (Å²) in [6, 6.07) is 5.66. The summed E-state index contributed by atoms with van der Waals surface area (Å²) in [5.41, 5.74) is 2.51. The van der Waals surface area contributed by atoms with Gasteiger partial charge in [-0.15, -0.1) is 0 Å². The van der Waals surface area contributed by atoms with Crippen LogP contribution in [0.5, 0.6) is 0 Å². The van der Waals surface area contributed by atoms with E-state index in [-0.39, 0.29) is 17.9 Å². The minimum atomic E-state index is -0.0699. The van der Waals surface area contributed by atoms with E-state index in [0.717, 1.165) is 17.7 Å². The van der Waals surface area contributed by atoms with E-state index in [0.29, 0.717) is 18.5 Å². The van der Waals surface area contributed by atoms with Gasteiger partial charge < -0.3 is 10.2 Å². The van der Waals surface area contributed by atoms with Gasteiger partial charge in [-0.25, -0.2) is 0 Å². The molecular weight excluding hydrogens is 240 g/mol. The highest BCUT2D eigenvalue weighted by molar-refractivity contribution is 6.03. The van der Waals surface area contributed by atoms with Crippen molar-refractivity contribution in [3.63, 3.8) is 0 Å². The number of amides is 2. The molecule has 19 heavy (non-hydrogen) atoms. The van der Waals surface area contributed by atoms with Crippen LogP contribution in [0, 0.1) is 0 Å². The number of carbonyl (C=O) groups excluding carboxylic acids is 2. The van der Waals surface area contributed by atoms with Gasteiger partial charge in [0.15, 0.2) is 0 Å². The van der Waals surface area contributed by atoms with Gasteiger partial charge >= 0.3 is 0 Å². The van der Waals surface area contributed by atoms with Crippen molar-refractivity contribution in [2.24, 2.45) is 0 Å². The minimum absolute atomic E-state index is 0.0699. The highest BCUT2D eigenvalue weighted by Gasteiger charge is 2.26. The second kappa shape index (κ2) is 5.43. The molecule has 0 saturated carbocycles. The molecule has 0 aliphatic carbocycles. The number of hydrogen-bond acceptors (Lipinski definition) is 2. The van der Waals surface area contributed by atoms with Crippen molar-refractivity contribution in [2.45, 2.75) is 39.7 Å². The number of benzene rings is 1. The lowest BCUT2D eigenvalue weighted by Crippen LogP contribution is -2.31. The van der Waals surface area contributed by atoms with Crippen molar-refractivity contribution in [1.82, 2.24) is 5.32 Å². The van der Waals surface area contributed by atoms with Gasteiger partial charge in [-0.2, -0.15) is 0 Å². The number of rotatable bonds is 4. The molecular formula is C15H20N2O2. The van der Waals surface area contributed by atoms with Crippen molar-refractivity contribution >= 4 is 17.5 Å². The Morgan fingerprint density at radius 2 is 2.16 bits per heavy atom. The van der Waals surface area contributed by atoms with Crippen LogP contribution in [0.25, 0.3) is 0 Å². The summed E-state index contributed by atoms with van der Waals surface area (Å²) in [6.45, 7) is 6.64. The highest BCUT2D eigenvalue weighted by atomic mass is 16.2. The van der Waals surface area contributed by atoms with Gasteiger partial charge in [0.1, 0.15) is 0 Å². The van der Waals surface area contributed by atoms with Crippen LogP contribution in [0.1, 0.15) is 43.1 Å². The van der Waals surface area contributed by atoms with Gasteiger partial charge in [0.2, 0.25) is 5.91 Å². The van der Waals surface area contributed by atoms with Crippen molar-refractivity contribution in [3.05, 3.63) is 29.3 Å². The van der Waals surface area contributed by atoms with E-state index in [9.17, 15) is 9.59 Å². The summed E-state index contributed by atoms with van der Waals surface area (Å²) in [5, 5.41) is 2.94. The normalized spacial score (nSPS) is 15.3. The number of anilines is 1. The van der Waals surface area contributed by atoms with E-state index in [2.05, 4.69) is 5.32 Å². The zero-order valence-corrected chi connectivity index (χ0v) is 11.7. The lowest BCUT2D eigenvalue weighted by Gasteiger charge is -2.15. The van der Waals surface area contributed by atoms with Gasteiger partial charge in [0.25, 0.3) is 5.91 Å². The Kier molecular flexibility index (Phi) is 3.88. The van der Waals surface area contributed by atoms with Gasteiger partial charge in [-0.1, -0.05) is 6.92 Å². The molecule has 1 heterocycles. The van der Waals surface area contributed by atoms with Crippen LogP contribution in [-0.2, 0) is 11.2 Å². The van der Waals surface area contributed by atoms with Crippen LogP contribution >= 0.6 is 0 Å². The molecule has 0 aromatic heterocycles. The molecule has 1 aromatic rings. The summed E-state index contributed by atoms with van der Waals surface area (Å²) < 4.78 is 0. The fourth-order valence-corrected chi connectivity index (χ4v) is 2.28. The molecule has 1 aromatic carbocycles. The maximum Gasteiger partial charge on any atom is 0.251 e. The molecule has 4 heteroatoms. The number of fused-ring (bicyclic) bond motifs is 1. The van der Waals surface area contributed by atoms with E-state index in [4.69, 9.17) is 0 Å². The number of nitrogens with zero attached hydrogens (tertiary/aromatic N) is 1. The van der Waals surface area contributed by atoms with E-state index in [1.54, 1.807) is 11.0 Å². The topological polar surface area (TPSA) is 49.4 Å². The summed E-state index contributed by atoms with van der Waals surface area (Å²) in [7, 11) is 0. The van der Waals surface area contributed by atoms with Crippen LogP contribution in [-0.4, -0.2) is 24.4 Å². The van der Waals surface area contributed by atoms with Crippen LogP contribution < -0.4 is 10.2 Å². The van der Waals surface area contributed by atoms with Crippen molar-refractivity contribution in [2.75, 3.05) is 11.4 Å². The first kappa shape index (κ1) is 13.6. The number of carbonyl (C=O) groups is 2. The average Bonchev–Trinajstić information content (AvgIpc) is 2.72. The van der Waals surface area contributed by atoms with Crippen molar-refractivity contribution < 1.29 is 9.59 Å². The molecule has 0 fully saturated rings. The standard InChI is InChI=1S/C15H20N2O2/c1-4-10(3)16-15(19)11-6-7-13-12(8-11)9-14(18)17(13)5-2/h6-8,10H,4-5,9H2,1-3H3,(H,16,19). The summed E-state index contributed by atoms with van der Waals surface area (Å²) >= 11 is 0. The third-order valence-electron chi connectivity index (χ3n) is 3.58. The van der Waals surface area contributed by atoms with Crippen LogP contribution in [0.4, 0.5) is 5.69 Å². The lowest BCUT2D eigenvalue weighted by molar-refractivity contribution is -0.117. The first-order chi connectivity index (χ1) is 9.06. The van der Waals surface area contributed by atoms with E-state index in [1.807, 2.05) is 32.9 Å². The Balaban J connectivity index is 2.21. The minimum Gasteiger partial charge on any atom is -0.350 e. The molecule has 1 atom stereocenters. The maximum atomic E-state index is 12.0. The summed E-state index contributed by atoms with van der Waals surface area (Å²) in [6.07, 6.45) is 1.30. The molecule has 2 rings (SSSR count). The second-order valence-electron chi connectivity index (χ2n) is 4.94. The molecule has 0 saturated heterocycles. The lowest BCUT2D eigenvalue weighted by atomic mass is 10.1. The van der Waals surface area contributed by atoms with Gasteiger partial charge in [-0.3, -0.25) is 9.59 Å². The Morgan fingerprint density at radius 1 is 1.42 bits per heavy atom. The number of nitrogens with one attached hydrogen (secondary N) is 1. The molecule has 1 aliphatic heterocycles. The van der Waals surface area contributed by atoms with Crippen molar-refractivity contribution in [1.29, 1.82) is 0 Å². The highest BCUT2D eigenvalue weighted by Crippen LogP contribution is 2.29. The van der Waals surface area contributed by atoms with Crippen LogP contribution in [0.3, 0.4) is 0 Å². The Hall–Kier alpha value is -1.84. The monoisotopic (exact) mass is 260 g/mol. The van der Waals surface area contributed by atoms with Gasteiger partial charge in [0, 0.05) is 23.8 Å². The molecule has 1 unspecified atom stereocenters. The smallest absolute Gasteiger partial charge is 0.251 e. The first-order valence-electron chi connectivity index (χ1n) is 6.81. The molecule has 102 valence electrons. The number of hydrogen-bond donors (Lipinski definition) is 1. The first-order valence-corrected chi connectivity index (χ1v) is 6.81. The fourth-order valence-electron chi connectivity index (χ4n) is 2.28. The molecule has 4 nitrogen and oxygen atoms in total. The quantitative estimate of drug-likeness (QED) is 0.901. The summed E-state index contributed by atoms with van der Waals surface area (Å²) in [5.74, 6) is 0.0385. The molecule has 0 bridgehead atoms. The fraction of sp³-hybridized carbons (Fsp3) is 0.467. The van der Waals surface area contributed by atoms with Crippen LogP contribution in [0.15, 0.2) is 18.2 Å². The molecule has 2 amide bonds. The predicted octanol–water partition coefficient (Wildman–Crippen LogP) is 2.12. The van der Waals surface area contributed by atoms with Crippen molar-refractivity contribution in [3.8, 4) is 0 Å². The Labute approximate surface area is 113 Å². The molecule has 0 radical (unpaired) electrons. The maximum absolute atomic E-state index is 12.0. The molecule has 1 N–H and O–H groups in total. The third kappa shape index (κ3) is 2.62. The Morgan fingerprint density at radius 3 is 2.79 bits per heavy atom. The van der Waals surface area contributed by atoms with E-state index in [1.165, 1.54) is 0 Å². The molecule has 0 spiro atoms. The Bertz CT molecular complexity index is 511. The zero-order chi connectivity index (χ0) is 14.0. The summed E-state index contributed by atoms with van der Waals surface area (Å²) in [4.78, 5) is 25.6. The van der Waals surface area contributed by atoms with Gasteiger partial charge in [0.05, 0.1) is 6.42 Å². The van der Waals surface area contributed by atoms with Gasteiger partial charge in [-0.05, 0) is 44.0 Å². The van der Waals surface area contributed by atoms with E-state index < -0.39 is 0 Å².